The first-order valence-electron chi connectivity index (χ1n) is 8.20. The highest BCUT2D eigenvalue weighted by Gasteiger charge is 2.23. The lowest BCUT2D eigenvalue weighted by Gasteiger charge is -2.16. The van der Waals surface area contributed by atoms with Gasteiger partial charge in [0.05, 0.1) is 6.10 Å². The number of aromatic nitrogens is 2. The highest BCUT2D eigenvalue weighted by Crippen LogP contribution is 2.21. The van der Waals surface area contributed by atoms with E-state index in [0.29, 0.717) is 12.0 Å². The van der Waals surface area contributed by atoms with Crippen molar-refractivity contribution in [1.82, 2.24) is 9.97 Å². The standard InChI is InChI=1S/C16H28N4O/c1-4-6-14-19-15(17-8-5-2)10-16(20-14)18-11-13-7-9-21-12(13)3/h10,12-13H,4-9,11H2,1-3H3,(H2,17,18,19,20). The zero-order valence-electron chi connectivity index (χ0n) is 13.5. The van der Waals surface area contributed by atoms with E-state index in [0.717, 1.165) is 62.8 Å². The summed E-state index contributed by atoms with van der Waals surface area (Å²) in [6.45, 7) is 9.19. The molecule has 0 radical (unpaired) electrons. The van der Waals surface area contributed by atoms with Crippen molar-refractivity contribution in [1.29, 1.82) is 0 Å². The molecule has 0 aromatic carbocycles. The van der Waals surface area contributed by atoms with E-state index in [9.17, 15) is 0 Å². The number of nitrogens with one attached hydrogen (secondary N) is 2. The highest BCUT2D eigenvalue weighted by atomic mass is 16.5. The van der Waals surface area contributed by atoms with Crippen molar-refractivity contribution < 1.29 is 4.74 Å². The molecule has 1 aromatic rings. The first-order valence-corrected chi connectivity index (χ1v) is 8.20. The maximum absolute atomic E-state index is 5.61. The fourth-order valence-corrected chi connectivity index (χ4v) is 2.55. The van der Waals surface area contributed by atoms with Crippen molar-refractivity contribution in [2.45, 2.75) is 52.6 Å². The van der Waals surface area contributed by atoms with Crippen LogP contribution in [0.15, 0.2) is 6.07 Å². The van der Waals surface area contributed by atoms with Crippen molar-refractivity contribution in [3.63, 3.8) is 0 Å². The molecule has 5 nitrogen and oxygen atoms in total. The minimum Gasteiger partial charge on any atom is -0.378 e. The maximum Gasteiger partial charge on any atom is 0.133 e. The minimum atomic E-state index is 0.340. The third-order valence-corrected chi connectivity index (χ3v) is 3.88. The monoisotopic (exact) mass is 292 g/mol. The Kier molecular flexibility index (Phi) is 6.23. The van der Waals surface area contributed by atoms with Gasteiger partial charge in [0.2, 0.25) is 0 Å². The molecule has 1 fully saturated rings. The summed E-state index contributed by atoms with van der Waals surface area (Å²) in [7, 11) is 0. The molecular weight excluding hydrogens is 264 g/mol. The summed E-state index contributed by atoms with van der Waals surface area (Å²) in [4.78, 5) is 9.18. The smallest absolute Gasteiger partial charge is 0.133 e. The summed E-state index contributed by atoms with van der Waals surface area (Å²) >= 11 is 0. The van der Waals surface area contributed by atoms with Gasteiger partial charge in [0.15, 0.2) is 0 Å². The Hall–Kier alpha value is -1.36. The molecule has 2 atom stereocenters. The quantitative estimate of drug-likeness (QED) is 0.771. The van der Waals surface area contributed by atoms with Gasteiger partial charge < -0.3 is 15.4 Å². The van der Waals surface area contributed by atoms with Crippen LogP contribution in [0, 0.1) is 5.92 Å². The molecule has 1 aliphatic rings. The molecule has 0 aliphatic carbocycles. The fraction of sp³-hybridized carbons (Fsp3) is 0.750. The summed E-state index contributed by atoms with van der Waals surface area (Å²) in [6.07, 6.45) is 4.53. The van der Waals surface area contributed by atoms with Crippen LogP contribution in [0.25, 0.3) is 0 Å². The molecule has 1 aromatic heterocycles. The average molecular weight is 292 g/mol. The van der Waals surface area contributed by atoms with Crippen LogP contribution < -0.4 is 10.6 Å². The molecule has 1 aliphatic heterocycles. The number of rotatable bonds is 8. The largest absolute Gasteiger partial charge is 0.378 e. The van der Waals surface area contributed by atoms with Gasteiger partial charge in [0, 0.05) is 38.1 Å². The Bertz CT molecular complexity index is 438. The number of hydrogen-bond donors (Lipinski definition) is 2. The normalized spacial score (nSPS) is 21.5. The van der Waals surface area contributed by atoms with Gasteiger partial charge in [-0.1, -0.05) is 13.8 Å². The average Bonchev–Trinajstić information content (AvgIpc) is 2.88. The SMILES string of the molecule is CCCNc1cc(NCC2CCOC2C)nc(CCC)n1. The van der Waals surface area contributed by atoms with Gasteiger partial charge in [0.1, 0.15) is 17.5 Å². The van der Waals surface area contributed by atoms with Crippen LogP contribution in [-0.2, 0) is 11.2 Å². The lowest BCUT2D eigenvalue weighted by atomic mass is 10.0. The van der Waals surface area contributed by atoms with Gasteiger partial charge in [0.25, 0.3) is 0 Å². The van der Waals surface area contributed by atoms with Crippen LogP contribution in [0.3, 0.4) is 0 Å². The summed E-state index contributed by atoms with van der Waals surface area (Å²) < 4.78 is 5.61. The van der Waals surface area contributed by atoms with Crippen LogP contribution in [-0.4, -0.2) is 35.8 Å². The summed E-state index contributed by atoms with van der Waals surface area (Å²) in [5.74, 6) is 3.33. The van der Waals surface area contributed by atoms with E-state index in [-0.39, 0.29) is 0 Å². The van der Waals surface area contributed by atoms with Gasteiger partial charge in [-0.25, -0.2) is 9.97 Å². The fourth-order valence-electron chi connectivity index (χ4n) is 2.55. The zero-order chi connectivity index (χ0) is 15.1. The molecule has 2 unspecified atom stereocenters. The molecule has 0 saturated carbocycles. The molecular formula is C16H28N4O. The van der Waals surface area contributed by atoms with Gasteiger partial charge in [-0.3, -0.25) is 0 Å². The van der Waals surface area contributed by atoms with E-state index in [1.54, 1.807) is 0 Å². The third-order valence-electron chi connectivity index (χ3n) is 3.88. The number of ether oxygens (including phenoxy) is 1. The zero-order valence-corrected chi connectivity index (χ0v) is 13.5. The summed E-state index contributed by atoms with van der Waals surface area (Å²) in [5.41, 5.74) is 0. The van der Waals surface area contributed by atoms with Gasteiger partial charge >= 0.3 is 0 Å². The molecule has 0 bridgehead atoms. The minimum absolute atomic E-state index is 0.340. The van der Waals surface area contributed by atoms with Crippen molar-refractivity contribution >= 4 is 11.6 Å². The first-order chi connectivity index (χ1) is 10.2. The second-order valence-electron chi connectivity index (χ2n) is 5.74. The van der Waals surface area contributed by atoms with Crippen molar-refractivity contribution in [3.05, 3.63) is 11.9 Å². The molecule has 1 saturated heterocycles. The summed E-state index contributed by atoms with van der Waals surface area (Å²) in [6, 6.07) is 2.01. The molecule has 2 heterocycles. The van der Waals surface area contributed by atoms with Crippen molar-refractivity contribution in [2.75, 3.05) is 30.3 Å². The van der Waals surface area contributed by atoms with E-state index in [1.165, 1.54) is 0 Å². The topological polar surface area (TPSA) is 59.1 Å². The number of aryl methyl sites for hydroxylation is 1. The third kappa shape index (κ3) is 4.84. The van der Waals surface area contributed by atoms with Crippen LogP contribution in [0.2, 0.25) is 0 Å². The molecule has 0 spiro atoms. The van der Waals surface area contributed by atoms with E-state index >= 15 is 0 Å². The van der Waals surface area contributed by atoms with Gasteiger partial charge in [-0.15, -0.1) is 0 Å². The lowest BCUT2D eigenvalue weighted by molar-refractivity contribution is 0.108. The Labute approximate surface area is 127 Å². The molecule has 5 heteroatoms. The predicted octanol–water partition coefficient (Wildman–Crippen LogP) is 3.09. The Morgan fingerprint density at radius 1 is 1.19 bits per heavy atom. The second-order valence-corrected chi connectivity index (χ2v) is 5.74. The first kappa shape index (κ1) is 16.0. The molecule has 2 rings (SSSR count). The maximum atomic E-state index is 5.61. The number of nitrogens with zero attached hydrogens (tertiary/aromatic N) is 2. The van der Waals surface area contributed by atoms with Crippen molar-refractivity contribution in [3.8, 4) is 0 Å². The molecule has 0 amide bonds. The van der Waals surface area contributed by atoms with Crippen LogP contribution in [0.5, 0.6) is 0 Å². The van der Waals surface area contributed by atoms with E-state index in [2.05, 4.69) is 41.4 Å². The van der Waals surface area contributed by atoms with E-state index in [4.69, 9.17) is 4.74 Å². The van der Waals surface area contributed by atoms with Gasteiger partial charge in [-0.2, -0.15) is 0 Å². The molecule has 118 valence electrons. The molecule has 2 N–H and O–H groups in total. The van der Waals surface area contributed by atoms with Crippen LogP contribution in [0.4, 0.5) is 11.6 Å². The van der Waals surface area contributed by atoms with Crippen LogP contribution in [0.1, 0.15) is 45.9 Å². The Morgan fingerprint density at radius 2 is 1.95 bits per heavy atom. The number of hydrogen-bond acceptors (Lipinski definition) is 5. The lowest BCUT2D eigenvalue weighted by Crippen LogP contribution is -2.21. The van der Waals surface area contributed by atoms with Crippen LogP contribution >= 0.6 is 0 Å². The van der Waals surface area contributed by atoms with Crippen molar-refractivity contribution in [2.24, 2.45) is 5.92 Å². The summed E-state index contributed by atoms with van der Waals surface area (Å²) in [5, 5.41) is 6.82. The Morgan fingerprint density at radius 3 is 2.57 bits per heavy atom. The highest BCUT2D eigenvalue weighted by molar-refractivity contribution is 5.47. The molecule has 21 heavy (non-hydrogen) atoms. The Balaban J connectivity index is 2.00. The second kappa shape index (κ2) is 8.17. The predicted molar refractivity (Wildman–Crippen MR) is 86.8 cm³/mol. The van der Waals surface area contributed by atoms with Gasteiger partial charge in [-0.05, 0) is 26.2 Å². The van der Waals surface area contributed by atoms with E-state index in [1.807, 2.05) is 6.07 Å². The van der Waals surface area contributed by atoms with E-state index < -0.39 is 0 Å². The number of anilines is 2.